The first-order chi connectivity index (χ1) is 9.73. The summed E-state index contributed by atoms with van der Waals surface area (Å²) in [6.45, 7) is 2.41. The third-order valence-corrected chi connectivity index (χ3v) is 6.62. The zero-order valence-electron chi connectivity index (χ0n) is 11.6. The van der Waals surface area contributed by atoms with E-state index in [1.807, 2.05) is 0 Å². The highest BCUT2D eigenvalue weighted by Crippen LogP contribution is 2.35. The number of nitrogens with zero attached hydrogens (tertiary/aromatic N) is 1. The number of piperidine rings is 1. The van der Waals surface area contributed by atoms with Crippen molar-refractivity contribution in [1.82, 2.24) is 4.31 Å². The summed E-state index contributed by atoms with van der Waals surface area (Å²) in [4.78, 5) is -0.101. The normalized spacial score (nSPS) is 19.6. The first kappa shape index (κ1) is 16.8. The largest absolute Gasteiger partial charge is 0.399 e. The van der Waals surface area contributed by atoms with Crippen LogP contribution in [0.25, 0.3) is 0 Å². The molecule has 5 nitrogen and oxygen atoms in total. The van der Waals surface area contributed by atoms with Crippen LogP contribution in [-0.4, -0.2) is 37.0 Å². The number of benzene rings is 1. The lowest BCUT2D eigenvalue weighted by Crippen LogP contribution is -2.40. The van der Waals surface area contributed by atoms with Crippen molar-refractivity contribution in [1.29, 1.82) is 0 Å². The van der Waals surface area contributed by atoms with Crippen LogP contribution >= 0.6 is 23.2 Å². The summed E-state index contributed by atoms with van der Waals surface area (Å²) in [5.74, 6) is 0.119. The van der Waals surface area contributed by atoms with Gasteiger partial charge in [0.25, 0.3) is 0 Å². The van der Waals surface area contributed by atoms with Gasteiger partial charge in [0, 0.05) is 18.8 Å². The van der Waals surface area contributed by atoms with E-state index in [0.717, 1.165) is 0 Å². The second kappa shape index (κ2) is 6.30. The molecular formula is C13H18Cl2N2O3S. The molecule has 3 N–H and O–H groups in total. The lowest BCUT2D eigenvalue weighted by Gasteiger charge is -2.32. The van der Waals surface area contributed by atoms with Crippen molar-refractivity contribution in [3.63, 3.8) is 0 Å². The van der Waals surface area contributed by atoms with Crippen LogP contribution < -0.4 is 5.73 Å². The van der Waals surface area contributed by atoms with Gasteiger partial charge in [0.1, 0.15) is 4.90 Å². The van der Waals surface area contributed by atoms with Gasteiger partial charge in [-0.05, 0) is 37.8 Å². The van der Waals surface area contributed by atoms with Crippen molar-refractivity contribution in [3.05, 3.63) is 22.2 Å². The summed E-state index contributed by atoms with van der Waals surface area (Å²) in [7, 11) is -3.76. The number of aliphatic hydroxyl groups excluding tert-OH is 1. The first-order valence-electron chi connectivity index (χ1n) is 6.66. The van der Waals surface area contributed by atoms with Gasteiger partial charge >= 0.3 is 0 Å². The van der Waals surface area contributed by atoms with Gasteiger partial charge in [-0.1, -0.05) is 23.2 Å². The number of aliphatic hydroxyl groups is 1. The monoisotopic (exact) mass is 352 g/mol. The number of rotatable bonds is 3. The zero-order valence-corrected chi connectivity index (χ0v) is 13.9. The summed E-state index contributed by atoms with van der Waals surface area (Å²) >= 11 is 12.0. The van der Waals surface area contributed by atoms with E-state index < -0.39 is 16.1 Å². The summed E-state index contributed by atoms with van der Waals surface area (Å²) in [5, 5.41) is 9.63. The van der Waals surface area contributed by atoms with Gasteiger partial charge in [-0.3, -0.25) is 0 Å². The SMILES string of the molecule is CC(O)C1CCN(S(=O)(=O)c2c(Cl)cc(N)cc2Cl)CC1. The predicted octanol–water partition coefficient (Wildman–Crippen LogP) is 2.36. The Morgan fingerprint density at radius 2 is 1.76 bits per heavy atom. The molecule has 0 amide bonds. The summed E-state index contributed by atoms with van der Waals surface area (Å²) in [6, 6.07) is 2.76. The Morgan fingerprint density at radius 1 is 1.29 bits per heavy atom. The summed E-state index contributed by atoms with van der Waals surface area (Å²) < 4.78 is 26.7. The number of nitrogen functional groups attached to an aromatic ring is 1. The lowest BCUT2D eigenvalue weighted by atomic mass is 9.93. The molecule has 2 rings (SSSR count). The van der Waals surface area contributed by atoms with Crippen LogP contribution in [0.5, 0.6) is 0 Å². The lowest BCUT2D eigenvalue weighted by molar-refractivity contribution is 0.0912. The van der Waals surface area contributed by atoms with E-state index in [4.69, 9.17) is 28.9 Å². The van der Waals surface area contributed by atoms with Crippen LogP contribution in [0.15, 0.2) is 17.0 Å². The van der Waals surface area contributed by atoms with E-state index in [2.05, 4.69) is 0 Å². The van der Waals surface area contributed by atoms with Gasteiger partial charge in [-0.25, -0.2) is 8.42 Å². The second-order valence-electron chi connectivity index (χ2n) is 5.30. The van der Waals surface area contributed by atoms with Gasteiger partial charge in [0.2, 0.25) is 10.0 Å². The van der Waals surface area contributed by atoms with Crippen molar-refractivity contribution < 1.29 is 13.5 Å². The summed E-state index contributed by atoms with van der Waals surface area (Å²) in [5.41, 5.74) is 5.91. The number of anilines is 1. The Morgan fingerprint density at radius 3 is 2.19 bits per heavy atom. The van der Waals surface area contributed by atoms with Crippen molar-refractivity contribution in [3.8, 4) is 0 Å². The number of nitrogens with two attached hydrogens (primary N) is 1. The molecule has 0 radical (unpaired) electrons. The van der Waals surface area contributed by atoms with Crippen LogP contribution in [0.3, 0.4) is 0 Å². The molecule has 0 spiro atoms. The quantitative estimate of drug-likeness (QED) is 0.817. The number of hydrogen-bond donors (Lipinski definition) is 2. The Hall–Kier alpha value is -0.530. The fourth-order valence-corrected chi connectivity index (χ4v) is 5.20. The van der Waals surface area contributed by atoms with E-state index in [-0.39, 0.29) is 20.9 Å². The molecule has 1 heterocycles. The van der Waals surface area contributed by atoms with Crippen LogP contribution in [-0.2, 0) is 10.0 Å². The molecular weight excluding hydrogens is 335 g/mol. The topological polar surface area (TPSA) is 83.6 Å². The van der Waals surface area contributed by atoms with Gasteiger partial charge in [-0.15, -0.1) is 0 Å². The number of hydrogen-bond acceptors (Lipinski definition) is 4. The van der Waals surface area contributed by atoms with Crippen LogP contribution in [0, 0.1) is 5.92 Å². The van der Waals surface area contributed by atoms with E-state index in [9.17, 15) is 13.5 Å². The third-order valence-electron chi connectivity index (χ3n) is 3.80. The molecule has 1 aromatic carbocycles. The van der Waals surface area contributed by atoms with Gasteiger partial charge in [0.15, 0.2) is 0 Å². The highest BCUT2D eigenvalue weighted by molar-refractivity contribution is 7.89. The highest BCUT2D eigenvalue weighted by atomic mass is 35.5. The molecule has 1 saturated heterocycles. The predicted molar refractivity (Wildman–Crippen MR) is 84.0 cm³/mol. The number of sulfonamides is 1. The maximum Gasteiger partial charge on any atom is 0.246 e. The van der Waals surface area contributed by atoms with E-state index in [1.165, 1.54) is 16.4 Å². The van der Waals surface area contributed by atoms with E-state index in [0.29, 0.717) is 31.6 Å². The van der Waals surface area contributed by atoms with Crippen LogP contribution in [0.4, 0.5) is 5.69 Å². The fourth-order valence-electron chi connectivity index (χ4n) is 2.55. The molecule has 0 saturated carbocycles. The third kappa shape index (κ3) is 3.46. The van der Waals surface area contributed by atoms with Crippen molar-refractivity contribution in [2.24, 2.45) is 5.92 Å². The van der Waals surface area contributed by atoms with Gasteiger partial charge in [-0.2, -0.15) is 4.31 Å². The Balaban J connectivity index is 2.28. The molecule has 0 aliphatic carbocycles. The van der Waals surface area contributed by atoms with Crippen molar-refractivity contribution in [2.45, 2.75) is 30.8 Å². The highest BCUT2D eigenvalue weighted by Gasteiger charge is 2.33. The summed E-state index contributed by atoms with van der Waals surface area (Å²) in [6.07, 6.45) is 0.793. The molecule has 8 heteroatoms. The second-order valence-corrected chi connectivity index (χ2v) is 7.98. The molecule has 1 aliphatic rings. The van der Waals surface area contributed by atoms with Crippen LogP contribution in [0.2, 0.25) is 10.0 Å². The minimum Gasteiger partial charge on any atom is -0.399 e. The first-order valence-corrected chi connectivity index (χ1v) is 8.86. The molecule has 1 atom stereocenters. The Kier molecular flexibility index (Phi) is 5.05. The molecule has 0 bridgehead atoms. The standard InChI is InChI=1S/C13H18Cl2N2O3S/c1-8(18)9-2-4-17(5-3-9)21(19,20)13-11(14)6-10(16)7-12(13)15/h6-9,18H,2-5,16H2,1H3. The molecule has 21 heavy (non-hydrogen) atoms. The maximum atomic E-state index is 12.7. The molecule has 1 unspecified atom stereocenters. The Labute approximate surface area is 134 Å². The van der Waals surface area contributed by atoms with Crippen molar-refractivity contribution >= 4 is 38.9 Å². The zero-order chi connectivity index (χ0) is 15.8. The molecule has 1 aromatic rings. The van der Waals surface area contributed by atoms with Crippen LogP contribution in [0.1, 0.15) is 19.8 Å². The smallest absolute Gasteiger partial charge is 0.246 e. The molecule has 1 fully saturated rings. The fraction of sp³-hybridized carbons (Fsp3) is 0.538. The van der Waals surface area contributed by atoms with E-state index >= 15 is 0 Å². The molecule has 1 aliphatic heterocycles. The minimum atomic E-state index is -3.76. The average molecular weight is 353 g/mol. The molecule has 0 aromatic heterocycles. The number of halogens is 2. The molecule has 118 valence electrons. The van der Waals surface area contributed by atoms with Gasteiger partial charge < -0.3 is 10.8 Å². The maximum absolute atomic E-state index is 12.7. The Bertz CT molecular complexity index is 603. The van der Waals surface area contributed by atoms with Crippen molar-refractivity contribution in [2.75, 3.05) is 18.8 Å². The van der Waals surface area contributed by atoms with E-state index in [1.54, 1.807) is 6.92 Å². The minimum absolute atomic E-state index is 0.0256. The van der Waals surface area contributed by atoms with Gasteiger partial charge in [0.05, 0.1) is 16.1 Å². The average Bonchev–Trinajstić information content (AvgIpc) is 2.37.